The SMILES string of the molecule is COc1cc(NC(=O)C2CCCCCN2)c(Br)cc1Br. The molecule has 2 rings (SSSR count). The lowest BCUT2D eigenvalue weighted by molar-refractivity contribution is -0.118. The van der Waals surface area contributed by atoms with Crippen LogP contribution in [0.25, 0.3) is 0 Å². The molecule has 1 amide bonds. The van der Waals surface area contributed by atoms with Crippen LogP contribution in [0.4, 0.5) is 5.69 Å². The van der Waals surface area contributed by atoms with Crippen LogP contribution in [0.1, 0.15) is 25.7 Å². The number of benzene rings is 1. The maximum absolute atomic E-state index is 12.3. The van der Waals surface area contributed by atoms with Crippen molar-refractivity contribution in [3.8, 4) is 5.75 Å². The van der Waals surface area contributed by atoms with E-state index in [2.05, 4.69) is 42.5 Å². The topological polar surface area (TPSA) is 50.4 Å². The van der Waals surface area contributed by atoms with Crippen LogP contribution < -0.4 is 15.4 Å². The number of ether oxygens (including phenoxy) is 1. The maximum Gasteiger partial charge on any atom is 0.241 e. The van der Waals surface area contributed by atoms with Crippen molar-refractivity contribution in [1.29, 1.82) is 0 Å². The third kappa shape index (κ3) is 3.96. The van der Waals surface area contributed by atoms with E-state index < -0.39 is 0 Å². The molecule has 110 valence electrons. The summed E-state index contributed by atoms with van der Waals surface area (Å²) in [5.74, 6) is 0.703. The first-order valence-corrected chi connectivity index (χ1v) is 8.27. The second-order valence-corrected chi connectivity index (χ2v) is 6.52. The highest BCUT2D eigenvalue weighted by Crippen LogP contribution is 2.34. The number of nitrogens with one attached hydrogen (secondary N) is 2. The highest BCUT2D eigenvalue weighted by Gasteiger charge is 2.20. The molecule has 1 aromatic carbocycles. The van der Waals surface area contributed by atoms with Gasteiger partial charge in [-0.25, -0.2) is 0 Å². The van der Waals surface area contributed by atoms with Crippen LogP contribution in [-0.4, -0.2) is 25.6 Å². The van der Waals surface area contributed by atoms with Crippen molar-refractivity contribution in [2.24, 2.45) is 0 Å². The summed E-state index contributed by atoms with van der Waals surface area (Å²) in [6.45, 7) is 0.906. The van der Waals surface area contributed by atoms with E-state index in [1.54, 1.807) is 7.11 Å². The highest BCUT2D eigenvalue weighted by atomic mass is 79.9. The fourth-order valence-electron chi connectivity index (χ4n) is 2.25. The van der Waals surface area contributed by atoms with Crippen molar-refractivity contribution < 1.29 is 9.53 Å². The molecule has 1 saturated heterocycles. The fraction of sp³-hybridized carbons (Fsp3) is 0.500. The largest absolute Gasteiger partial charge is 0.495 e. The Kier molecular flexibility index (Phi) is 5.86. The van der Waals surface area contributed by atoms with Crippen molar-refractivity contribution in [1.82, 2.24) is 5.32 Å². The van der Waals surface area contributed by atoms with Crippen LogP contribution in [0.15, 0.2) is 21.1 Å². The molecule has 4 nitrogen and oxygen atoms in total. The Morgan fingerprint density at radius 2 is 2.10 bits per heavy atom. The van der Waals surface area contributed by atoms with Crippen molar-refractivity contribution in [3.63, 3.8) is 0 Å². The van der Waals surface area contributed by atoms with Crippen LogP contribution in [0.5, 0.6) is 5.75 Å². The van der Waals surface area contributed by atoms with Gasteiger partial charge in [-0.3, -0.25) is 4.79 Å². The van der Waals surface area contributed by atoms with E-state index in [1.807, 2.05) is 12.1 Å². The summed E-state index contributed by atoms with van der Waals surface area (Å²) in [5, 5.41) is 6.25. The quantitative estimate of drug-likeness (QED) is 0.806. The van der Waals surface area contributed by atoms with Crippen LogP contribution in [0, 0.1) is 0 Å². The van der Waals surface area contributed by atoms with Crippen LogP contribution in [0.2, 0.25) is 0 Å². The maximum atomic E-state index is 12.3. The Labute approximate surface area is 135 Å². The summed E-state index contributed by atoms with van der Waals surface area (Å²) in [6, 6.07) is 3.57. The molecule has 6 heteroatoms. The monoisotopic (exact) mass is 404 g/mol. The molecule has 1 atom stereocenters. The molecule has 0 aliphatic carbocycles. The van der Waals surface area contributed by atoms with Gasteiger partial charge in [-0.05, 0) is 57.3 Å². The molecule has 0 aromatic heterocycles. The van der Waals surface area contributed by atoms with Crippen molar-refractivity contribution in [3.05, 3.63) is 21.1 Å². The molecule has 2 N–H and O–H groups in total. The van der Waals surface area contributed by atoms with Crippen molar-refractivity contribution in [2.45, 2.75) is 31.7 Å². The number of rotatable bonds is 3. The number of halogens is 2. The van der Waals surface area contributed by atoms with Crippen molar-refractivity contribution in [2.75, 3.05) is 19.0 Å². The average Bonchev–Trinajstić information content (AvgIpc) is 2.70. The summed E-state index contributed by atoms with van der Waals surface area (Å²) in [6.07, 6.45) is 4.30. The van der Waals surface area contributed by atoms with Gasteiger partial charge in [0, 0.05) is 10.5 Å². The van der Waals surface area contributed by atoms with Gasteiger partial charge >= 0.3 is 0 Å². The zero-order valence-corrected chi connectivity index (χ0v) is 14.5. The molecule has 0 radical (unpaired) electrons. The predicted molar refractivity (Wildman–Crippen MR) is 87.3 cm³/mol. The number of carbonyl (C=O) groups is 1. The van der Waals surface area contributed by atoms with E-state index in [4.69, 9.17) is 4.74 Å². The zero-order chi connectivity index (χ0) is 14.5. The molecule has 20 heavy (non-hydrogen) atoms. The lowest BCUT2D eigenvalue weighted by atomic mass is 10.1. The van der Waals surface area contributed by atoms with Crippen LogP contribution in [0.3, 0.4) is 0 Å². The Hall–Kier alpha value is -0.590. The molecular formula is C14H18Br2N2O2. The molecular weight excluding hydrogens is 388 g/mol. The number of hydrogen-bond donors (Lipinski definition) is 2. The summed E-state index contributed by atoms with van der Waals surface area (Å²) in [5.41, 5.74) is 0.723. The van der Waals surface area contributed by atoms with E-state index in [9.17, 15) is 4.79 Å². The standard InChI is InChI=1S/C14H18Br2N2O2/c1-20-13-8-12(9(15)7-10(13)16)18-14(19)11-5-3-2-4-6-17-11/h7-8,11,17H,2-6H2,1H3,(H,18,19). The van der Waals surface area contributed by atoms with E-state index >= 15 is 0 Å². The average molecular weight is 406 g/mol. The summed E-state index contributed by atoms with van der Waals surface area (Å²) in [7, 11) is 1.60. The molecule has 1 aliphatic rings. The smallest absolute Gasteiger partial charge is 0.241 e. The van der Waals surface area contributed by atoms with Gasteiger partial charge in [0.2, 0.25) is 5.91 Å². The Morgan fingerprint density at radius 1 is 1.30 bits per heavy atom. The summed E-state index contributed by atoms with van der Waals surface area (Å²) < 4.78 is 6.92. The minimum Gasteiger partial charge on any atom is -0.495 e. The van der Waals surface area contributed by atoms with E-state index in [1.165, 1.54) is 6.42 Å². The first-order chi connectivity index (χ1) is 9.61. The third-order valence-electron chi connectivity index (χ3n) is 3.38. The van der Waals surface area contributed by atoms with Gasteiger partial charge in [-0.15, -0.1) is 0 Å². The second-order valence-electron chi connectivity index (χ2n) is 4.81. The lowest BCUT2D eigenvalue weighted by Crippen LogP contribution is -2.39. The molecule has 1 unspecified atom stereocenters. The second kappa shape index (κ2) is 7.43. The third-order valence-corrected chi connectivity index (χ3v) is 4.65. The van der Waals surface area contributed by atoms with E-state index in [0.29, 0.717) is 5.75 Å². The first-order valence-electron chi connectivity index (χ1n) is 6.69. The molecule has 1 fully saturated rings. The van der Waals surface area contributed by atoms with E-state index in [-0.39, 0.29) is 11.9 Å². The van der Waals surface area contributed by atoms with E-state index in [0.717, 1.165) is 40.4 Å². The molecule has 0 saturated carbocycles. The first kappa shape index (κ1) is 15.8. The Morgan fingerprint density at radius 3 is 2.85 bits per heavy atom. The van der Waals surface area contributed by atoms with Crippen molar-refractivity contribution >= 4 is 43.5 Å². The number of carbonyl (C=O) groups excluding carboxylic acids is 1. The van der Waals surface area contributed by atoms with Crippen LogP contribution >= 0.6 is 31.9 Å². The van der Waals surface area contributed by atoms with Gasteiger partial charge in [0.15, 0.2) is 0 Å². The molecule has 1 aliphatic heterocycles. The summed E-state index contributed by atoms with van der Waals surface area (Å²) >= 11 is 6.87. The number of methoxy groups -OCH3 is 1. The Balaban J connectivity index is 2.10. The summed E-state index contributed by atoms with van der Waals surface area (Å²) in [4.78, 5) is 12.3. The van der Waals surface area contributed by atoms with Gasteiger partial charge in [0.25, 0.3) is 0 Å². The normalized spacial score (nSPS) is 19.2. The Bertz CT molecular complexity index is 486. The fourth-order valence-corrected chi connectivity index (χ4v) is 3.51. The van der Waals surface area contributed by atoms with Gasteiger partial charge in [-0.1, -0.05) is 12.8 Å². The van der Waals surface area contributed by atoms with Gasteiger partial charge in [0.05, 0.1) is 23.3 Å². The number of amides is 1. The van der Waals surface area contributed by atoms with Crippen LogP contribution in [-0.2, 0) is 4.79 Å². The van der Waals surface area contributed by atoms with Gasteiger partial charge < -0.3 is 15.4 Å². The highest BCUT2D eigenvalue weighted by molar-refractivity contribution is 9.11. The molecule has 0 spiro atoms. The molecule has 0 bridgehead atoms. The van der Waals surface area contributed by atoms with Gasteiger partial charge in [-0.2, -0.15) is 0 Å². The number of hydrogen-bond acceptors (Lipinski definition) is 3. The molecule has 1 heterocycles. The molecule has 1 aromatic rings. The lowest BCUT2D eigenvalue weighted by Gasteiger charge is -2.17. The zero-order valence-electron chi connectivity index (χ0n) is 11.3. The predicted octanol–water partition coefficient (Wildman–Crippen LogP) is 3.69. The van der Waals surface area contributed by atoms with Gasteiger partial charge in [0.1, 0.15) is 5.75 Å². The minimum atomic E-state index is -0.112. The number of anilines is 1. The minimum absolute atomic E-state index is 0.0111.